The predicted octanol–water partition coefficient (Wildman–Crippen LogP) is 6.55. The van der Waals surface area contributed by atoms with E-state index >= 15 is 0 Å². The van der Waals surface area contributed by atoms with Crippen LogP contribution in [0, 0.1) is 0 Å². The van der Waals surface area contributed by atoms with Crippen LogP contribution in [-0.2, 0) is 11.0 Å². The van der Waals surface area contributed by atoms with Crippen molar-refractivity contribution < 1.29 is 27.4 Å². The number of nitrogens with zero attached hydrogens (tertiary/aromatic N) is 3. The molecule has 3 aromatic carbocycles. The summed E-state index contributed by atoms with van der Waals surface area (Å²) in [7, 11) is 1.57. The summed E-state index contributed by atoms with van der Waals surface area (Å²) in [6.07, 6.45) is -5.02. The number of hydrogen-bond donors (Lipinski definition) is 1. The third-order valence-electron chi connectivity index (χ3n) is 5.50. The van der Waals surface area contributed by atoms with Gasteiger partial charge in [0.1, 0.15) is 11.5 Å². The van der Waals surface area contributed by atoms with E-state index in [1.54, 1.807) is 30.7 Å². The van der Waals surface area contributed by atoms with E-state index in [1.165, 1.54) is 12.1 Å². The molecule has 0 aliphatic carbocycles. The average Bonchev–Trinajstić information content (AvgIpc) is 3.32. The van der Waals surface area contributed by atoms with Gasteiger partial charge in [-0.25, -0.2) is 0 Å². The Morgan fingerprint density at radius 2 is 1.66 bits per heavy atom. The highest BCUT2D eigenvalue weighted by molar-refractivity contribution is 8.00. The zero-order valence-electron chi connectivity index (χ0n) is 20.8. The number of nitrogens with one attached hydrogen (secondary N) is 1. The minimum atomic E-state index is -4.51. The van der Waals surface area contributed by atoms with Crippen LogP contribution in [0.3, 0.4) is 0 Å². The van der Waals surface area contributed by atoms with Crippen molar-refractivity contribution in [1.29, 1.82) is 0 Å². The number of halogens is 3. The van der Waals surface area contributed by atoms with Crippen molar-refractivity contribution in [3.8, 4) is 17.2 Å². The maximum absolute atomic E-state index is 13.0. The Labute approximate surface area is 222 Å². The Balaban J connectivity index is 1.56. The highest BCUT2D eigenvalue weighted by atomic mass is 32.2. The van der Waals surface area contributed by atoms with Gasteiger partial charge in [-0.1, -0.05) is 42.1 Å². The van der Waals surface area contributed by atoms with Crippen LogP contribution in [0.15, 0.2) is 84.0 Å². The summed E-state index contributed by atoms with van der Waals surface area (Å²) in [4.78, 5) is 12.9. The molecule has 38 heavy (non-hydrogen) atoms. The van der Waals surface area contributed by atoms with E-state index in [1.807, 2.05) is 49.4 Å². The lowest BCUT2D eigenvalue weighted by Gasteiger charge is -2.18. The first-order valence-corrected chi connectivity index (χ1v) is 12.5. The van der Waals surface area contributed by atoms with Crippen LogP contribution in [0.5, 0.6) is 11.5 Å². The second-order valence-corrected chi connectivity index (χ2v) is 9.59. The first-order valence-electron chi connectivity index (χ1n) is 11.6. The highest BCUT2D eigenvalue weighted by Crippen LogP contribution is 2.33. The van der Waals surface area contributed by atoms with E-state index in [0.29, 0.717) is 22.5 Å². The van der Waals surface area contributed by atoms with E-state index in [-0.39, 0.29) is 5.69 Å². The third-order valence-corrected chi connectivity index (χ3v) is 6.54. The number of anilines is 1. The van der Waals surface area contributed by atoms with E-state index in [4.69, 9.17) is 9.47 Å². The predicted molar refractivity (Wildman–Crippen MR) is 139 cm³/mol. The minimum absolute atomic E-state index is 0.0581. The maximum atomic E-state index is 13.0. The molecule has 0 radical (unpaired) electrons. The van der Waals surface area contributed by atoms with Crippen molar-refractivity contribution in [2.24, 2.45) is 0 Å². The SMILES string of the molecule is COc1cccc(OC(C)c2nnc(SC(C)C(=O)Nc3cccc(C(F)(F)F)c3)n2-c2ccccc2)c1. The Kier molecular flexibility index (Phi) is 8.26. The summed E-state index contributed by atoms with van der Waals surface area (Å²) >= 11 is 1.13. The lowest BCUT2D eigenvalue weighted by molar-refractivity contribution is -0.137. The summed E-state index contributed by atoms with van der Waals surface area (Å²) in [6, 6.07) is 21.1. The fourth-order valence-corrected chi connectivity index (χ4v) is 4.48. The number of carbonyl (C=O) groups excluding carboxylic acids is 1. The molecule has 0 bridgehead atoms. The second-order valence-electron chi connectivity index (χ2n) is 8.28. The summed E-state index contributed by atoms with van der Waals surface area (Å²) < 4.78 is 52.3. The van der Waals surface area contributed by atoms with Crippen molar-refractivity contribution in [3.63, 3.8) is 0 Å². The normalized spacial score (nSPS) is 13.0. The largest absolute Gasteiger partial charge is 0.497 e. The van der Waals surface area contributed by atoms with Gasteiger partial charge in [-0.2, -0.15) is 13.2 Å². The van der Waals surface area contributed by atoms with Gasteiger partial charge in [-0.05, 0) is 56.3 Å². The van der Waals surface area contributed by atoms with Gasteiger partial charge in [0.15, 0.2) is 17.1 Å². The number of alkyl halides is 3. The Bertz CT molecular complexity index is 1400. The van der Waals surface area contributed by atoms with E-state index < -0.39 is 29.0 Å². The van der Waals surface area contributed by atoms with Crippen LogP contribution in [0.25, 0.3) is 5.69 Å². The zero-order valence-corrected chi connectivity index (χ0v) is 21.6. The van der Waals surface area contributed by atoms with Gasteiger partial charge in [-0.15, -0.1) is 10.2 Å². The highest BCUT2D eigenvalue weighted by Gasteiger charge is 2.31. The molecule has 1 amide bonds. The summed E-state index contributed by atoms with van der Waals surface area (Å²) in [5.41, 5.74) is -0.0153. The monoisotopic (exact) mass is 542 g/mol. The molecule has 0 fully saturated rings. The van der Waals surface area contributed by atoms with Crippen LogP contribution >= 0.6 is 11.8 Å². The van der Waals surface area contributed by atoms with Gasteiger partial charge < -0.3 is 14.8 Å². The number of methoxy groups -OCH3 is 1. The Morgan fingerprint density at radius 1 is 0.947 bits per heavy atom. The summed E-state index contributed by atoms with van der Waals surface area (Å²) in [5, 5.41) is 10.9. The lowest BCUT2D eigenvalue weighted by atomic mass is 10.2. The first kappa shape index (κ1) is 27.1. The molecule has 7 nitrogen and oxygen atoms in total. The van der Waals surface area contributed by atoms with Crippen LogP contribution in [-0.4, -0.2) is 33.0 Å². The zero-order chi connectivity index (χ0) is 27.3. The fraction of sp³-hybridized carbons (Fsp3) is 0.222. The van der Waals surface area contributed by atoms with Gasteiger partial charge in [0.2, 0.25) is 5.91 Å². The number of hydrogen-bond acceptors (Lipinski definition) is 6. The molecular formula is C27H25F3N4O3S. The van der Waals surface area contributed by atoms with E-state index in [9.17, 15) is 18.0 Å². The van der Waals surface area contributed by atoms with Gasteiger partial charge >= 0.3 is 6.18 Å². The van der Waals surface area contributed by atoms with E-state index in [0.717, 1.165) is 29.6 Å². The van der Waals surface area contributed by atoms with Gasteiger partial charge in [-0.3, -0.25) is 9.36 Å². The molecule has 4 aromatic rings. The molecule has 198 valence electrons. The number of aromatic nitrogens is 3. The maximum Gasteiger partial charge on any atom is 0.416 e. The van der Waals surface area contributed by atoms with Crippen molar-refractivity contribution in [2.45, 2.75) is 36.5 Å². The molecule has 1 aromatic heterocycles. The molecule has 1 N–H and O–H groups in total. The fourth-order valence-electron chi connectivity index (χ4n) is 3.60. The number of para-hydroxylation sites is 1. The van der Waals surface area contributed by atoms with Crippen LogP contribution < -0.4 is 14.8 Å². The molecule has 0 spiro atoms. The van der Waals surface area contributed by atoms with Gasteiger partial charge in [0.05, 0.1) is 17.9 Å². The number of rotatable bonds is 9. The van der Waals surface area contributed by atoms with Crippen molar-refractivity contribution >= 4 is 23.4 Å². The molecule has 1 heterocycles. The topological polar surface area (TPSA) is 78.3 Å². The summed E-state index contributed by atoms with van der Waals surface area (Å²) in [6.45, 7) is 3.48. The summed E-state index contributed by atoms with van der Waals surface area (Å²) in [5.74, 6) is 1.27. The molecule has 2 unspecified atom stereocenters. The van der Waals surface area contributed by atoms with Crippen molar-refractivity contribution in [3.05, 3.63) is 90.3 Å². The molecule has 11 heteroatoms. The quantitative estimate of drug-likeness (QED) is 0.242. The average molecular weight is 543 g/mol. The standard InChI is InChI=1S/C27H25F3N4O3S/c1-17(37-23-14-8-13-22(16-23)36-3)24-32-33-26(34(24)21-11-5-4-6-12-21)38-18(2)25(35)31-20-10-7-9-19(15-20)27(28,29)30/h4-18H,1-3H3,(H,31,35). The second kappa shape index (κ2) is 11.6. The number of benzene rings is 3. The lowest BCUT2D eigenvalue weighted by Crippen LogP contribution is -2.23. The van der Waals surface area contributed by atoms with Gasteiger partial charge in [0, 0.05) is 17.4 Å². The molecular weight excluding hydrogens is 517 g/mol. The third kappa shape index (κ3) is 6.46. The minimum Gasteiger partial charge on any atom is -0.497 e. The Morgan fingerprint density at radius 3 is 2.37 bits per heavy atom. The molecule has 4 rings (SSSR count). The number of amides is 1. The van der Waals surface area contributed by atoms with Crippen molar-refractivity contribution in [1.82, 2.24) is 14.8 Å². The first-order chi connectivity index (χ1) is 18.2. The van der Waals surface area contributed by atoms with E-state index in [2.05, 4.69) is 15.5 Å². The molecule has 2 atom stereocenters. The van der Waals surface area contributed by atoms with Gasteiger partial charge in [0.25, 0.3) is 0 Å². The molecule has 0 aliphatic heterocycles. The van der Waals surface area contributed by atoms with Crippen molar-refractivity contribution in [2.75, 3.05) is 12.4 Å². The number of thioether (sulfide) groups is 1. The van der Waals surface area contributed by atoms with Crippen LogP contribution in [0.1, 0.15) is 31.3 Å². The Hall–Kier alpha value is -3.99. The number of carbonyl (C=O) groups is 1. The van der Waals surface area contributed by atoms with Crippen LogP contribution in [0.4, 0.5) is 18.9 Å². The molecule has 0 saturated carbocycles. The smallest absolute Gasteiger partial charge is 0.416 e. The number of ether oxygens (including phenoxy) is 2. The van der Waals surface area contributed by atoms with Crippen LogP contribution in [0.2, 0.25) is 0 Å². The molecule has 0 aliphatic rings. The molecule has 0 saturated heterocycles.